The van der Waals surface area contributed by atoms with Gasteiger partial charge in [0, 0.05) is 13.0 Å². The van der Waals surface area contributed by atoms with Gasteiger partial charge < -0.3 is 10.1 Å². The first-order valence-electron chi connectivity index (χ1n) is 4.11. The summed E-state index contributed by atoms with van der Waals surface area (Å²) >= 11 is 0. The van der Waals surface area contributed by atoms with Crippen molar-refractivity contribution in [2.24, 2.45) is 0 Å². The van der Waals surface area contributed by atoms with Crippen molar-refractivity contribution in [1.29, 1.82) is 0 Å². The SMILES string of the molecule is CCCCC(=O)OCCNC. The fourth-order valence-corrected chi connectivity index (χ4v) is 0.660. The zero-order valence-corrected chi connectivity index (χ0v) is 7.35. The average Bonchev–Trinajstić information content (AvgIpc) is 2.01. The van der Waals surface area contributed by atoms with E-state index in [1.807, 2.05) is 7.05 Å². The standard InChI is InChI=1S/C8H17NO2/c1-3-4-5-8(10)11-7-6-9-2/h9H,3-7H2,1-2H3. The maximum Gasteiger partial charge on any atom is 0.305 e. The molecule has 11 heavy (non-hydrogen) atoms. The van der Waals surface area contributed by atoms with Crippen LogP contribution in [0.4, 0.5) is 0 Å². The van der Waals surface area contributed by atoms with Gasteiger partial charge in [0.1, 0.15) is 6.61 Å². The van der Waals surface area contributed by atoms with E-state index in [9.17, 15) is 4.79 Å². The lowest BCUT2D eigenvalue weighted by Gasteiger charge is -2.02. The molecular weight excluding hydrogens is 142 g/mol. The van der Waals surface area contributed by atoms with E-state index in [4.69, 9.17) is 4.74 Å². The Hall–Kier alpha value is -0.570. The maximum atomic E-state index is 10.8. The number of carbonyl (C=O) groups excluding carboxylic acids is 1. The molecule has 3 nitrogen and oxygen atoms in total. The first-order chi connectivity index (χ1) is 5.31. The van der Waals surface area contributed by atoms with Crippen LogP contribution in [0.1, 0.15) is 26.2 Å². The van der Waals surface area contributed by atoms with Crippen LogP contribution in [0.5, 0.6) is 0 Å². The largest absolute Gasteiger partial charge is 0.464 e. The van der Waals surface area contributed by atoms with Crippen molar-refractivity contribution in [2.45, 2.75) is 26.2 Å². The first kappa shape index (κ1) is 10.4. The van der Waals surface area contributed by atoms with Gasteiger partial charge in [0.2, 0.25) is 0 Å². The predicted molar refractivity (Wildman–Crippen MR) is 44.4 cm³/mol. The van der Waals surface area contributed by atoms with E-state index in [0.29, 0.717) is 13.0 Å². The highest BCUT2D eigenvalue weighted by atomic mass is 16.5. The number of unbranched alkanes of at least 4 members (excludes halogenated alkanes) is 1. The summed E-state index contributed by atoms with van der Waals surface area (Å²) in [5, 5.41) is 2.90. The number of carbonyl (C=O) groups is 1. The number of ether oxygens (including phenoxy) is 1. The average molecular weight is 159 g/mol. The van der Waals surface area contributed by atoms with Gasteiger partial charge in [0.15, 0.2) is 0 Å². The van der Waals surface area contributed by atoms with Crippen molar-refractivity contribution in [3.05, 3.63) is 0 Å². The number of rotatable bonds is 6. The molecule has 0 aromatic rings. The monoisotopic (exact) mass is 159 g/mol. The molecule has 0 atom stereocenters. The lowest BCUT2D eigenvalue weighted by atomic mass is 10.2. The highest BCUT2D eigenvalue weighted by Crippen LogP contribution is 1.95. The van der Waals surface area contributed by atoms with Gasteiger partial charge in [-0.3, -0.25) is 4.79 Å². The zero-order chi connectivity index (χ0) is 8.53. The van der Waals surface area contributed by atoms with Crippen LogP contribution in [0.25, 0.3) is 0 Å². The van der Waals surface area contributed by atoms with Crippen molar-refractivity contribution in [1.82, 2.24) is 5.32 Å². The summed E-state index contributed by atoms with van der Waals surface area (Å²) in [5.74, 6) is -0.0814. The van der Waals surface area contributed by atoms with E-state index in [1.54, 1.807) is 0 Å². The molecule has 0 aromatic carbocycles. The molecule has 1 N–H and O–H groups in total. The van der Waals surface area contributed by atoms with E-state index < -0.39 is 0 Å². The van der Waals surface area contributed by atoms with Crippen molar-refractivity contribution in [3.63, 3.8) is 0 Å². The second kappa shape index (κ2) is 7.54. The van der Waals surface area contributed by atoms with Gasteiger partial charge in [-0.25, -0.2) is 0 Å². The molecule has 66 valence electrons. The minimum absolute atomic E-state index is 0.0814. The zero-order valence-electron chi connectivity index (χ0n) is 7.35. The molecule has 0 bridgehead atoms. The first-order valence-corrected chi connectivity index (χ1v) is 4.11. The van der Waals surface area contributed by atoms with Gasteiger partial charge in [-0.1, -0.05) is 13.3 Å². The van der Waals surface area contributed by atoms with Crippen molar-refractivity contribution >= 4 is 5.97 Å². The summed E-state index contributed by atoms with van der Waals surface area (Å²) in [4.78, 5) is 10.8. The molecule has 0 aromatic heterocycles. The summed E-state index contributed by atoms with van der Waals surface area (Å²) in [5.41, 5.74) is 0. The summed E-state index contributed by atoms with van der Waals surface area (Å²) < 4.78 is 4.88. The van der Waals surface area contributed by atoms with Crippen LogP contribution in [-0.2, 0) is 9.53 Å². The lowest BCUT2D eigenvalue weighted by Crippen LogP contribution is -2.17. The van der Waals surface area contributed by atoms with Gasteiger partial charge in [-0.15, -0.1) is 0 Å². The number of likely N-dealkylation sites (N-methyl/N-ethyl adjacent to an activating group) is 1. The van der Waals surface area contributed by atoms with Gasteiger partial charge in [0.05, 0.1) is 0 Å². The van der Waals surface area contributed by atoms with E-state index >= 15 is 0 Å². The summed E-state index contributed by atoms with van der Waals surface area (Å²) in [6, 6.07) is 0. The van der Waals surface area contributed by atoms with Gasteiger partial charge in [0.25, 0.3) is 0 Å². The van der Waals surface area contributed by atoms with Crippen molar-refractivity contribution in [3.8, 4) is 0 Å². The lowest BCUT2D eigenvalue weighted by molar-refractivity contribution is -0.143. The number of nitrogens with one attached hydrogen (secondary N) is 1. The molecule has 0 rings (SSSR count). The van der Waals surface area contributed by atoms with Crippen LogP contribution >= 0.6 is 0 Å². The Morgan fingerprint density at radius 3 is 2.82 bits per heavy atom. The Labute approximate surface area is 68.1 Å². The molecule has 0 aliphatic heterocycles. The fourth-order valence-electron chi connectivity index (χ4n) is 0.660. The third kappa shape index (κ3) is 7.33. The molecule has 0 heterocycles. The quantitative estimate of drug-likeness (QED) is 0.463. The maximum absolute atomic E-state index is 10.8. The van der Waals surface area contributed by atoms with E-state index in [0.717, 1.165) is 19.4 Å². The summed E-state index contributed by atoms with van der Waals surface area (Å²) in [6.45, 7) is 3.28. The fraction of sp³-hybridized carbons (Fsp3) is 0.875. The second-order valence-electron chi connectivity index (χ2n) is 2.43. The molecule has 0 spiro atoms. The van der Waals surface area contributed by atoms with Crippen LogP contribution in [-0.4, -0.2) is 26.2 Å². The third-order valence-corrected chi connectivity index (χ3v) is 1.35. The Balaban J connectivity index is 3.09. The molecule has 0 saturated heterocycles. The number of hydrogen-bond donors (Lipinski definition) is 1. The van der Waals surface area contributed by atoms with Gasteiger partial charge >= 0.3 is 5.97 Å². The highest BCUT2D eigenvalue weighted by molar-refractivity contribution is 5.69. The molecule has 0 fully saturated rings. The van der Waals surface area contributed by atoms with Crippen molar-refractivity contribution in [2.75, 3.05) is 20.2 Å². The Morgan fingerprint density at radius 2 is 2.27 bits per heavy atom. The van der Waals surface area contributed by atoms with Crippen LogP contribution < -0.4 is 5.32 Å². The second-order valence-corrected chi connectivity index (χ2v) is 2.43. The van der Waals surface area contributed by atoms with Crippen molar-refractivity contribution < 1.29 is 9.53 Å². The minimum atomic E-state index is -0.0814. The predicted octanol–water partition coefficient (Wildman–Crippen LogP) is 0.939. The topological polar surface area (TPSA) is 38.3 Å². The van der Waals surface area contributed by atoms with Gasteiger partial charge in [-0.05, 0) is 13.5 Å². The molecular formula is C8H17NO2. The van der Waals surface area contributed by atoms with Crippen LogP contribution in [0.15, 0.2) is 0 Å². The molecule has 0 radical (unpaired) electrons. The van der Waals surface area contributed by atoms with Gasteiger partial charge in [-0.2, -0.15) is 0 Å². The van der Waals surface area contributed by atoms with E-state index in [1.165, 1.54) is 0 Å². The Bertz CT molecular complexity index is 104. The molecule has 0 aliphatic carbocycles. The van der Waals surface area contributed by atoms with E-state index in [2.05, 4.69) is 12.2 Å². The third-order valence-electron chi connectivity index (χ3n) is 1.35. The normalized spacial score (nSPS) is 9.64. The van der Waals surface area contributed by atoms with Crippen LogP contribution in [0.2, 0.25) is 0 Å². The van der Waals surface area contributed by atoms with E-state index in [-0.39, 0.29) is 5.97 Å². The molecule has 0 aliphatic rings. The smallest absolute Gasteiger partial charge is 0.305 e. The summed E-state index contributed by atoms with van der Waals surface area (Å²) in [6.07, 6.45) is 2.53. The summed E-state index contributed by atoms with van der Waals surface area (Å²) in [7, 11) is 1.83. The Kier molecular flexibility index (Phi) is 7.15. The molecule has 0 unspecified atom stereocenters. The number of esters is 1. The molecule has 0 amide bonds. The molecule has 0 saturated carbocycles. The number of hydrogen-bond acceptors (Lipinski definition) is 3. The molecule has 3 heteroatoms. The Morgan fingerprint density at radius 1 is 1.55 bits per heavy atom. The van der Waals surface area contributed by atoms with Crippen LogP contribution in [0, 0.1) is 0 Å². The highest BCUT2D eigenvalue weighted by Gasteiger charge is 1.99. The van der Waals surface area contributed by atoms with Crippen LogP contribution in [0.3, 0.4) is 0 Å². The minimum Gasteiger partial charge on any atom is -0.464 e.